The normalized spacial score (nSPS) is 11.8. The molecule has 0 unspecified atom stereocenters. The third-order valence-electron chi connectivity index (χ3n) is 4.44. The first kappa shape index (κ1) is 20.2. The molecule has 0 aliphatic rings. The van der Waals surface area contributed by atoms with Gasteiger partial charge in [0.1, 0.15) is 0 Å². The number of anilines is 1. The van der Waals surface area contributed by atoms with Crippen LogP contribution in [0.15, 0.2) is 58.2 Å². The number of nitrogens with one attached hydrogen (secondary N) is 3. The van der Waals surface area contributed by atoms with E-state index in [1.807, 2.05) is 25.1 Å². The van der Waals surface area contributed by atoms with Crippen LogP contribution in [-0.4, -0.2) is 30.8 Å². The summed E-state index contributed by atoms with van der Waals surface area (Å²) in [5, 5.41) is 3.78. The van der Waals surface area contributed by atoms with Gasteiger partial charge in [0, 0.05) is 24.5 Å². The molecule has 0 atom stereocenters. The number of aromatic nitrogens is 2. The van der Waals surface area contributed by atoms with Crippen molar-refractivity contribution in [2.45, 2.75) is 18.2 Å². The SMILES string of the molecule is Cc1ccc2nc(NC(=O)CCNS(=O)(=O)c3ccc4[nH]c(=O)ccc4c3)sc2c1. The third-order valence-corrected chi connectivity index (χ3v) is 6.83. The van der Waals surface area contributed by atoms with Crippen molar-refractivity contribution in [3.05, 3.63) is 64.4 Å². The summed E-state index contributed by atoms with van der Waals surface area (Å²) in [7, 11) is -3.79. The van der Waals surface area contributed by atoms with Gasteiger partial charge in [-0.2, -0.15) is 0 Å². The highest BCUT2D eigenvalue weighted by molar-refractivity contribution is 7.89. The number of hydrogen-bond donors (Lipinski definition) is 3. The number of aromatic amines is 1. The molecule has 4 aromatic rings. The molecule has 0 fully saturated rings. The zero-order valence-electron chi connectivity index (χ0n) is 15.9. The maximum Gasteiger partial charge on any atom is 0.248 e. The molecule has 0 aliphatic carbocycles. The van der Waals surface area contributed by atoms with E-state index < -0.39 is 10.0 Å². The van der Waals surface area contributed by atoms with Crippen molar-refractivity contribution in [1.29, 1.82) is 0 Å². The first-order chi connectivity index (χ1) is 14.3. The lowest BCUT2D eigenvalue weighted by Gasteiger charge is -2.07. The Morgan fingerprint density at radius 3 is 2.80 bits per heavy atom. The Hall–Kier alpha value is -3.08. The Labute approximate surface area is 176 Å². The molecular formula is C20H18N4O4S2. The van der Waals surface area contributed by atoms with Crippen molar-refractivity contribution in [2.75, 3.05) is 11.9 Å². The largest absolute Gasteiger partial charge is 0.322 e. The molecule has 2 aromatic heterocycles. The van der Waals surface area contributed by atoms with Crippen LogP contribution in [0.4, 0.5) is 5.13 Å². The summed E-state index contributed by atoms with van der Waals surface area (Å²) in [4.78, 5) is 30.6. The number of carbonyl (C=O) groups is 1. The van der Waals surface area contributed by atoms with E-state index in [9.17, 15) is 18.0 Å². The molecule has 8 nitrogen and oxygen atoms in total. The number of thiazole rings is 1. The van der Waals surface area contributed by atoms with E-state index in [1.54, 1.807) is 6.07 Å². The fraction of sp³-hybridized carbons (Fsp3) is 0.150. The van der Waals surface area contributed by atoms with Crippen LogP contribution in [0, 0.1) is 6.92 Å². The smallest absolute Gasteiger partial charge is 0.248 e. The quantitative estimate of drug-likeness (QED) is 0.424. The fourth-order valence-corrected chi connectivity index (χ4v) is 5.00. The number of nitrogens with zero attached hydrogens (tertiary/aromatic N) is 1. The number of amides is 1. The van der Waals surface area contributed by atoms with Gasteiger partial charge in [0.15, 0.2) is 5.13 Å². The predicted octanol–water partition coefficient (Wildman–Crippen LogP) is 2.75. The third kappa shape index (κ3) is 4.40. The maximum atomic E-state index is 12.5. The Kier molecular flexibility index (Phi) is 5.37. The Morgan fingerprint density at radius 2 is 1.97 bits per heavy atom. The molecule has 154 valence electrons. The van der Waals surface area contributed by atoms with Crippen LogP contribution in [0.25, 0.3) is 21.1 Å². The lowest BCUT2D eigenvalue weighted by atomic mass is 10.2. The van der Waals surface area contributed by atoms with Crippen LogP contribution in [0.3, 0.4) is 0 Å². The van der Waals surface area contributed by atoms with E-state index in [0.717, 1.165) is 15.8 Å². The summed E-state index contributed by atoms with van der Waals surface area (Å²) < 4.78 is 28.4. The molecule has 3 N–H and O–H groups in total. The molecule has 2 aromatic carbocycles. The molecule has 4 rings (SSSR count). The second-order valence-corrected chi connectivity index (χ2v) is 9.56. The Bertz CT molecular complexity index is 1420. The number of sulfonamides is 1. The topological polar surface area (TPSA) is 121 Å². The zero-order valence-corrected chi connectivity index (χ0v) is 17.6. The number of pyridine rings is 1. The van der Waals surface area contributed by atoms with Gasteiger partial charge in [-0.3, -0.25) is 9.59 Å². The van der Waals surface area contributed by atoms with Crippen LogP contribution in [-0.2, 0) is 14.8 Å². The standard InChI is InChI=1S/C20H18N4O4S2/c1-12-2-5-16-17(10-12)29-20(23-16)24-19(26)8-9-21-30(27,28)14-4-6-15-13(11-14)3-7-18(25)22-15/h2-7,10-11,21H,8-9H2,1H3,(H,22,25)(H,23,24,26). The van der Waals surface area contributed by atoms with Gasteiger partial charge in [-0.25, -0.2) is 18.1 Å². The minimum atomic E-state index is -3.79. The molecule has 30 heavy (non-hydrogen) atoms. The summed E-state index contributed by atoms with van der Waals surface area (Å²) in [6, 6.07) is 13.1. The zero-order chi connectivity index (χ0) is 21.3. The van der Waals surface area contributed by atoms with E-state index in [4.69, 9.17) is 0 Å². The van der Waals surface area contributed by atoms with Crippen molar-refractivity contribution in [1.82, 2.24) is 14.7 Å². The van der Waals surface area contributed by atoms with Gasteiger partial charge in [-0.05, 0) is 54.3 Å². The Balaban J connectivity index is 1.38. The molecule has 0 spiro atoms. The van der Waals surface area contributed by atoms with Crippen molar-refractivity contribution in [3.8, 4) is 0 Å². The van der Waals surface area contributed by atoms with Gasteiger partial charge in [-0.15, -0.1) is 0 Å². The molecule has 1 amide bonds. The van der Waals surface area contributed by atoms with E-state index in [0.29, 0.717) is 16.0 Å². The van der Waals surface area contributed by atoms with Crippen molar-refractivity contribution < 1.29 is 13.2 Å². The second-order valence-electron chi connectivity index (χ2n) is 6.76. The summed E-state index contributed by atoms with van der Waals surface area (Å²) in [6.45, 7) is 1.93. The van der Waals surface area contributed by atoms with Crippen LogP contribution < -0.4 is 15.6 Å². The van der Waals surface area contributed by atoms with Crippen molar-refractivity contribution in [3.63, 3.8) is 0 Å². The molecule has 0 bridgehead atoms. The van der Waals surface area contributed by atoms with Crippen LogP contribution in [0.2, 0.25) is 0 Å². The molecule has 2 heterocycles. The maximum absolute atomic E-state index is 12.5. The number of H-pyrrole nitrogens is 1. The number of fused-ring (bicyclic) bond motifs is 2. The molecule has 0 aliphatic heterocycles. The number of rotatable bonds is 6. The first-order valence-electron chi connectivity index (χ1n) is 9.10. The fourth-order valence-electron chi connectivity index (χ4n) is 2.95. The van der Waals surface area contributed by atoms with Crippen molar-refractivity contribution >= 4 is 53.5 Å². The van der Waals surface area contributed by atoms with E-state index >= 15 is 0 Å². The summed E-state index contributed by atoms with van der Waals surface area (Å²) in [5.74, 6) is -0.329. The molecule has 0 saturated carbocycles. The lowest BCUT2D eigenvalue weighted by molar-refractivity contribution is -0.116. The average Bonchev–Trinajstić information content (AvgIpc) is 3.08. The number of hydrogen-bond acceptors (Lipinski definition) is 6. The van der Waals surface area contributed by atoms with Crippen molar-refractivity contribution in [2.24, 2.45) is 0 Å². The van der Waals surface area contributed by atoms with Gasteiger partial charge >= 0.3 is 0 Å². The molecular weight excluding hydrogens is 424 g/mol. The van der Waals surface area contributed by atoms with Gasteiger partial charge in [-0.1, -0.05) is 17.4 Å². The van der Waals surface area contributed by atoms with Gasteiger partial charge in [0.2, 0.25) is 21.5 Å². The lowest BCUT2D eigenvalue weighted by Crippen LogP contribution is -2.27. The summed E-state index contributed by atoms with van der Waals surface area (Å²) in [6.07, 6.45) is -0.0327. The monoisotopic (exact) mass is 442 g/mol. The van der Waals surface area contributed by atoms with Gasteiger partial charge in [0.25, 0.3) is 0 Å². The summed E-state index contributed by atoms with van der Waals surface area (Å²) in [5.41, 5.74) is 2.20. The van der Waals surface area contributed by atoms with E-state index in [-0.39, 0.29) is 29.3 Å². The Morgan fingerprint density at radius 1 is 1.13 bits per heavy atom. The highest BCUT2D eigenvalue weighted by Gasteiger charge is 2.15. The van der Waals surface area contributed by atoms with Gasteiger partial charge in [0.05, 0.1) is 15.1 Å². The molecule has 0 saturated heterocycles. The van der Waals surface area contributed by atoms with Gasteiger partial charge < -0.3 is 10.3 Å². The van der Waals surface area contributed by atoms with Crippen LogP contribution in [0.1, 0.15) is 12.0 Å². The second kappa shape index (κ2) is 7.98. The molecule has 0 radical (unpaired) electrons. The first-order valence-corrected chi connectivity index (χ1v) is 11.4. The predicted molar refractivity (Wildman–Crippen MR) is 117 cm³/mol. The number of carbonyl (C=O) groups excluding carboxylic acids is 1. The highest BCUT2D eigenvalue weighted by atomic mass is 32.2. The summed E-state index contributed by atoms with van der Waals surface area (Å²) >= 11 is 1.37. The number of benzene rings is 2. The molecule has 10 heteroatoms. The minimum Gasteiger partial charge on any atom is -0.322 e. The average molecular weight is 443 g/mol. The van der Waals surface area contributed by atoms with Crippen LogP contribution in [0.5, 0.6) is 0 Å². The number of aryl methyl sites for hydroxylation is 1. The highest BCUT2D eigenvalue weighted by Crippen LogP contribution is 2.26. The van der Waals surface area contributed by atoms with E-state index in [1.165, 1.54) is 35.6 Å². The van der Waals surface area contributed by atoms with E-state index in [2.05, 4.69) is 20.0 Å². The minimum absolute atomic E-state index is 0.0327. The van der Waals surface area contributed by atoms with Crippen LogP contribution >= 0.6 is 11.3 Å².